The Morgan fingerprint density at radius 1 is 1.38 bits per heavy atom. The van der Waals surface area contributed by atoms with Crippen LogP contribution in [0.2, 0.25) is 0 Å². The van der Waals surface area contributed by atoms with Crippen LogP contribution < -0.4 is 10.6 Å². The van der Waals surface area contributed by atoms with Crippen LogP contribution in [-0.4, -0.2) is 44.8 Å². The van der Waals surface area contributed by atoms with Crippen molar-refractivity contribution in [3.63, 3.8) is 0 Å². The summed E-state index contributed by atoms with van der Waals surface area (Å²) in [6.45, 7) is -0.696. The highest BCUT2D eigenvalue weighted by Gasteiger charge is 2.18. The zero-order valence-corrected chi connectivity index (χ0v) is 8.12. The van der Waals surface area contributed by atoms with Crippen molar-refractivity contribution in [3.8, 4) is 0 Å². The van der Waals surface area contributed by atoms with Gasteiger partial charge in [0.15, 0.2) is 6.04 Å². The Morgan fingerprint density at radius 3 is 2.50 bits per heavy atom. The van der Waals surface area contributed by atoms with Crippen molar-refractivity contribution in [2.75, 3.05) is 11.9 Å². The van der Waals surface area contributed by atoms with Crippen LogP contribution in [-0.2, 0) is 4.79 Å². The van der Waals surface area contributed by atoms with Crippen LogP contribution in [0.25, 0.3) is 0 Å². The molecule has 1 atom stereocenters. The number of hydrogen-bond acceptors (Lipinski definition) is 5. The third-order valence-electron chi connectivity index (χ3n) is 1.58. The number of urea groups is 1. The fourth-order valence-electron chi connectivity index (χ4n) is 0.845. The molecule has 0 aliphatic heterocycles. The van der Waals surface area contributed by atoms with Gasteiger partial charge in [0.25, 0.3) is 0 Å². The van der Waals surface area contributed by atoms with Gasteiger partial charge in [0, 0.05) is 12.4 Å². The smallest absolute Gasteiger partial charge is 0.328 e. The molecule has 86 valence electrons. The number of rotatable bonds is 4. The number of amides is 2. The molecule has 0 bridgehead atoms. The van der Waals surface area contributed by atoms with E-state index in [0.29, 0.717) is 0 Å². The van der Waals surface area contributed by atoms with Gasteiger partial charge in [0.1, 0.15) is 0 Å². The van der Waals surface area contributed by atoms with Crippen LogP contribution in [0.3, 0.4) is 0 Å². The van der Waals surface area contributed by atoms with Crippen molar-refractivity contribution in [2.45, 2.75) is 6.04 Å². The van der Waals surface area contributed by atoms with Crippen molar-refractivity contribution in [1.29, 1.82) is 0 Å². The number of carbonyl (C=O) groups is 2. The molecule has 0 aliphatic rings. The van der Waals surface area contributed by atoms with Crippen LogP contribution >= 0.6 is 0 Å². The molecule has 0 saturated heterocycles. The average Bonchev–Trinajstić information content (AvgIpc) is 2.27. The first-order valence-electron chi connectivity index (χ1n) is 4.31. The fraction of sp³-hybridized carbons (Fsp3) is 0.250. The monoisotopic (exact) mass is 226 g/mol. The molecule has 0 radical (unpaired) electrons. The predicted molar refractivity (Wildman–Crippen MR) is 52.7 cm³/mol. The molecule has 8 heteroatoms. The van der Waals surface area contributed by atoms with Crippen molar-refractivity contribution in [2.24, 2.45) is 0 Å². The summed E-state index contributed by atoms with van der Waals surface area (Å²) in [6, 6.07) is -0.590. The maximum absolute atomic E-state index is 11.2. The van der Waals surface area contributed by atoms with Crippen LogP contribution in [0.1, 0.15) is 0 Å². The summed E-state index contributed by atoms with van der Waals surface area (Å²) in [5, 5.41) is 21.5. The predicted octanol–water partition coefficient (Wildman–Crippen LogP) is -0.956. The normalized spacial score (nSPS) is 11.6. The minimum Gasteiger partial charge on any atom is -0.480 e. The lowest BCUT2D eigenvalue weighted by Crippen LogP contribution is -2.45. The maximum Gasteiger partial charge on any atom is 0.328 e. The molecule has 1 aromatic rings. The average molecular weight is 226 g/mol. The van der Waals surface area contributed by atoms with Gasteiger partial charge in [0.2, 0.25) is 5.95 Å². The number of aromatic nitrogens is 2. The van der Waals surface area contributed by atoms with Crippen molar-refractivity contribution >= 4 is 17.9 Å². The molecule has 0 aliphatic carbocycles. The van der Waals surface area contributed by atoms with Crippen molar-refractivity contribution < 1.29 is 19.8 Å². The lowest BCUT2D eigenvalue weighted by molar-refractivity contribution is -0.140. The molecule has 4 N–H and O–H groups in total. The van der Waals surface area contributed by atoms with Gasteiger partial charge in [-0.05, 0) is 6.07 Å². The van der Waals surface area contributed by atoms with Crippen LogP contribution in [0.5, 0.6) is 0 Å². The highest BCUT2D eigenvalue weighted by Crippen LogP contribution is 1.93. The summed E-state index contributed by atoms with van der Waals surface area (Å²) in [7, 11) is 0. The topological polar surface area (TPSA) is 124 Å². The van der Waals surface area contributed by atoms with Gasteiger partial charge in [0.05, 0.1) is 6.61 Å². The van der Waals surface area contributed by atoms with Gasteiger partial charge >= 0.3 is 12.0 Å². The number of aliphatic hydroxyl groups excluding tert-OH is 1. The summed E-state index contributed by atoms with van der Waals surface area (Å²) in [5.41, 5.74) is 0. The Hall–Kier alpha value is -2.22. The number of nitrogens with zero attached hydrogens (tertiary/aromatic N) is 2. The van der Waals surface area contributed by atoms with Gasteiger partial charge < -0.3 is 15.5 Å². The Labute approximate surface area is 90.3 Å². The maximum atomic E-state index is 11.2. The third kappa shape index (κ3) is 3.50. The lowest BCUT2D eigenvalue weighted by atomic mass is 10.3. The van der Waals surface area contributed by atoms with E-state index in [0.717, 1.165) is 0 Å². The van der Waals surface area contributed by atoms with Crippen LogP contribution in [0.15, 0.2) is 18.5 Å². The number of aliphatic hydroxyl groups is 1. The number of carboxylic acids is 1. The Bertz CT molecular complexity index is 370. The van der Waals surface area contributed by atoms with Gasteiger partial charge in [-0.25, -0.2) is 19.6 Å². The molecule has 8 nitrogen and oxygen atoms in total. The minimum atomic E-state index is -1.36. The first kappa shape index (κ1) is 11.9. The minimum absolute atomic E-state index is 0.0436. The Kier molecular flexibility index (Phi) is 4.16. The van der Waals surface area contributed by atoms with E-state index in [1.807, 2.05) is 5.32 Å². The van der Waals surface area contributed by atoms with E-state index in [1.54, 1.807) is 6.07 Å². The summed E-state index contributed by atoms with van der Waals surface area (Å²) in [6.07, 6.45) is 2.84. The first-order chi connectivity index (χ1) is 7.63. The molecule has 0 unspecified atom stereocenters. The summed E-state index contributed by atoms with van der Waals surface area (Å²) < 4.78 is 0. The fourth-order valence-corrected chi connectivity index (χ4v) is 0.845. The van der Waals surface area contributed by atoms with Gasteiger partial charge in [-0.3, -0.25) is 5.32 Å². The van der Waals surface area contributed by atoms with E-state index in [2.05, 4.69) is 15.3 Å². The van der Waals surface area contributed by atoms with E-state index in [9.17, 15) is 9.59 Å². The number of carbonyl (C=O) groups excluding carboxylic acids is 1. The standard InChI is InChI=1S/C8H10N4O4/c13-4-5(6(14)15)11-8(16)12-7-9-2-1-3-10-7/h1-3,5,13H,4H2,(H,14,15)(H2,9,10,11,12,16)/t5-/m1/s1. The quantitative estimate of drug-likeness (QED) is 0.524. The zero-order chi connectivity index (χ0) is 12.0. The van der Waals surface area contributed by atoms with Gasteiger partial charge in [-0.1, -0.05) is 0 Å². The van der Waals surface area contributed by atoms with E-state index < -0.39 is 24.6 Å². The number of aliphatic carboxylic acids is 1. The van der Waals surface area contributed by atoms with Gasteiger partial charge in [-0.2, -0.15) is 0 Å². The number of anilines is 1. The van der Waals surface area contributed by atoms with E-state index in [4.69, 9.17) is 10.2 Å². The zero-order valence-electron chi connectivity index (χ0n) is 8.12. The second kappa shape index (κ2) is 5.61. The number of nitrogens with one attached hydrogen (secondary N) is 2. The second-order valence-corrected chi connectivity index (χ2v) is 2.74. The number of hydrogen-bond donors (Lipinski definition) is 4. The van der Waals surface area contributed by atoms with Gasteiger partial charge in [-0.15, -0.1) is 0 Å². The Morgan fingerprint density at radius 2 is 2.00 bits per heavy atom. The summed E-state index contributed by atoms with van der Waals surface area (Å²) >= 11 is 0. The van der Waals surface area contributed by atoms with Crippen molar-refractivity contribution in [1.82, 2.24) is 15.3 Å². The molecule has 1 rings (SSSR count). The molecule has 1 aromatic heterocycles. The van der Waals surface area contributed by atoms with Crippen LogP contribution in [0, 0.1) is 0 Å². The number of carboxylic acid groups (broad SMARTS) is 1. The largest absolute Gasteiger partial charge is 0.480 e. The molecule has 0 spiro atoms. The highest BCUT2D eigenvalue weighted by atomic mass is 16.4. The third-order valence-corrected chi connectivity index (χ3v) is 1.58. The van der Waals surface area contributed by atoms with E-state index in [-0.39, 0.29) is 5.95 Å². The summed E-state index contributed by atoms with van der Waals surface area (Å²) in [4.78, 5) is 29.1. The van der Waals surface area contributed by atoms with Crippen LogP contribution in [0.4, 0.5) is 10.7 Å². The van der Waals surface area contributed by atoms with E-state index >= 15 is 0 Å². The van der Waals surface area contributed by atoms with E-state index in [1.165, 1.54) is 12.4 Å². The molecule has 0 aromatic carbocycles. The molecule has 0 fully saturated rings. The molecule has 2 amide bonds. The molecular weight excluding hydrogens is 216 g/mol. The first-order valence-corrected chi connectivity index (χ1v) is 4.31. The SMILES string of the molecule is O=C(Nc1ncccn1)N[C@H](CO)C(=O)O. The Balaban J connectivity index is 2.50. The molecule has 16 heavy (non-hydrogen) atoms. The highest BCUT2D eigenvalue weighted by molar-refractivity contribution is 5.90. The van der Waals surface area contributed by atoms with Crippen molar-refractivity contribution in [3.05, 3.63) is 18.5 Å². The lowest BCUT2D eigenvalue weighted by Gasteiger charge is -2.11. The summed E-state index contributed by atoms with van der Waals surface area (Å²) in [5.74, 6) is -1.28. The molecule has 1 heterocycles. The second-order valence-electron chi connectivity index (χ2n) is 2.74. The molecular formula is C8H10N4O4. The molecule has 0 saturated carbocycles.